The third kappa shape index (κ3) is 4.26. The Balaban J connectivity index is 1.22. The van der Waals surface area contributed by atoms with Crippen molar-refractivity contribution in [1.29, 1.82) is 0 Å². The summed E-state index contributed by atoms with van der Waals surface area (Å²) in [5.41, 5.74) is 1.91. The van der Waals surface area contributed by atoms with Crippen molar-refractivity contribution in [2.45, 2.75) is 28.5 Å². The molecule has 0 saturated carbocycles. The molecule has 0 spiro atoms. The molecule has 38 heavy (non-hydrogen) atoms. The fraction of sp³-hybridized carbons (Fsp3) is 0.231. The lowest BCUT2D eigenvalue weighted by Gasteiger charge is -2.34. The van der Waals surface area contributed by atoms with Crippen LogP contribution in [0.1, 0.15) is 11.6 Å². The van der Waals surface area contributed by atoms with Crippen LogP contribution in [-0.2, 0) is 4.79 Å². The number of carbonyl (C=O) groups excluding carboxylic acids is 2. The molecule has 2 aromatic carbocycles. The molecule has 4 heterocycles. The Morgan fingerprint density at radius 1 is 1.08 bits per heavy atom. The van der Waals surface area contributed by atoms with Crippen molar-refractivity contribution in [3.8, 4) is 11.5 Å². The molecule has 0 radical (unpaired) electrons. The highest BCUT2D eigenvalue weighted by molar-refractivity contribution is 8.01. The van der Waals surface area contributed by atoms with Gasteiger partial charge in [-0.1, -0.05) is 30.0 Å². The molecular weight excluding hydrogens is 513 g/mol. The van der Waals surface area contributed by atoms with Crippen molar-refractivity contribution < 1.29 is 28.6 Å². The first-order valence-electron chi connectivity index (χ1n) is 11.9. The first kappa shape index (κ1) is 24.0. The molecule has 0 bridgehead atoms. The van der Waals surface area contributed by atoms with E-state index in [1.165, 1.54) is 16.7 Å². The fourth-order valence-electron chi connectivity index (χ4n) is 4.89. The van der Waals surface area contributed by atoms with E-state index in [0.29, 0.717) is 33.5 Å². The first-order chi connectivity index (χ1) is 18.4. The van der Waals surface area contributed by atoms with E-state index in [2.05, 4.69) is 15.6 Å². The van der Waals surface area contributed by atoms with E-state index in [0.717, 1.165) is 4.90 Å². The maximum Gasteiger partial charge on any atom is 0.407 e. The summed E-state index contributed by atoms with van der Waals surface area (Å²) in [5.74, 6) is 0.821. The normalized spacial score (nSPS) is 23.6. The van der Waals surface area contributed by atoms with Crippen LogP contribution in [0.2, 0.25) is 0 Å². The average molecular weight is 536 g/mol. The number of thioether (sulfide) groups is 1. The molecule has 4 atom stereocenters. The van der Waals surface area contributed by atoms with Gasteiger partial charge in [0.25, 0.3) is 0 Å². The number of aromatic nitrogens is 1. The van der Waals surface area contributed by atoms with Crippen molar-refractivity contribution in [1.82, 2.24) is 20.5 Å². The Kier molecular flexibility index (Phi) is 6.03. The number of anilines is 2. The largest absolute Gasteiger partial charge is 0.465 e. The van der Waals surface area contributed by atoms with Crippen LogP contribution < -0.4 is 20.3 Å². The third-order valence-electron chi connectivity index (χ3n) is 6.68. The average Bonchev–Trinajstić information content (AvgIpc) is 3.47. The van der Waals surface area contributed by atoms with E-state index in [1.54, 1.807) is 36.5 Å². The number of alkyl halides is 1. The minimum absolute atomic E-state index is 0.134. The van der Waals surface area contributed by atoms with Gasteiger partial charge in [-0.25, -0.2) is 19.0 Å². The monoisotopic (exact) mass is 535 g/mol. The van der Waals surface area contributed by atoms with Gasteiger partial charge in [0.2, 0.25) is 5.91 Å². The lowest BCUT2D eigenvalue weighted by Crippen LogP contribution is -2.51. The predicted molar refractivity (Wildman–Crippen MR) is 137 cm³/mol. The summed E-state index contributed by atoms with van der Waals surface area (Å²) in [6.07, 6.45) is -1.17. The number of hydrogen-bond donors (Lipinski definition) is 3. The van der Waals surface area contributed by atoms with Crippen molar-refractivity contribution >= 4 is 41.2 Å². The van der Waals surface area contributed by atoms with Crippen LogP contribution in [0.5, 0.6) is 11.5 Å². The smallest absolute Gasteiger partial charge is 0.407 e. The van der Waals surface area contributed by atoms with Gasteiger partial charge in [-0.15, -0.1) is 0 Å². The van der Waals surface area contributed by atoms with Gasteiger partial charge in [-0.3, -0.25) is 9.69 Å². The summed E-state index contributed by atoms with van der Waals surface area (Å²) in [4.78, 5) is 44.5. The molecule has 6 rings (SSSR count). The molecule has 1 fully saturated rings. The van der Waals surface area contributed by atoms with Crippen LogP contribution in [0, 0.1) is 0 Å². The second kappa shape index (κ2) is 9.53. The molecule has 1 saturated heterocycles. The molecule has 3 N–H and O–H groups in total. The van der Waals surface area contributed by atoms with Gasteiger partial charge in [0, 0.05) is 18.3 Å². The van der Waals surface area contributed by atoms with Gasteiger partial charge in [0.05, 0.1) is 30.0 Å². The molecule has 10 nitrogen and oxygen atoms in total. The fourth-order valence-corrected chi connectivity index (χ4v) is 6.13. The summed E-state index contributed by atoms with van der Waals surface area (Å²) < 4.78 is 20.2. The molecule has 3 aliphatic heterocycles. The Hall–Kier alpha value is -4.32. The van der Waals surface area contributed by atoms with Crippen LogP contribution in [0.3, 0.4) is 0 Å². The van der Waals surface area contributed by atoms with Crippen molar-refractivity contribution in [2.24, 2.45) is 0 Å². The number of nitrogens with one attached hydrogen (secondary N) is 2. The SMILES string of the molecule is O=C(N[C@H]1CN(C(=O)O)C[C@@H]1F)C1Sc2nccc3c2C1NC(=O)N3c1ccc(Oc2ccccc2)cc1. The highest BCUT2D eigenvalue weighted by atomic mass is 32.2. The Morgan fingerprint density at radius 2 is 1.82 bits per heavy atom. The number of ether oxygens (including phenoxy) is 1. The number of likely N-dealkylation sites (tertiary alicyclic amines) is 1. The van der Waals surface area contributed by atoms with E-state index >= 15 is 0 Å². The van der Waals surface area contributed by atoms with E-state index in [1.807, 2.05) is 30.3 Å². The number of urea groups is 1. The molecule has 4 amide bonds. The molecular formula is C26H22FN5O5S. The predicted octanol–water partition coefficient (Wildman–Crippen LogP) is 4.07. The number of hydrogen-bond acceptors (Lipinski definition) is 6. The molecule has 194 valence electrons. The van der Waals surface area contributed by atoms with Gasteiger partial charge in [0.15, 0.2) is 0 Å². The van der Waals surface area contributed by atoms with E-state index in [9.17, 15) is 18.8 Å². The number of rotatable bonds is 5. The number of halogens is 1. The first-order valence-corrected chi connectivity index (χ1v) is 12.8. The quantitative estimate of drug-likeness (QED) is 0.450. The van der Waals surface area contributed by atoms with Crippen LogP contribution in [0.4, 0.5) is 25.4 Å². The minimum atomic E-state index is -1.51. The Morgan fingerprint density at radius 3 is 2.53 bits per heavy atom. The molecule has 2 unspecified atom stereocenters. The van der Waals surface area contributed by atoms with Gasteiger partial charge >= 0.3 is 12.1 Å². The van der Waals surface area contributed by atoms with Gasteiger partial charge in [-0.05, 0) is 42.5 Å². The number of amides is 4. The summed E-state index contributed by atoms with van der Waals surface area (Å²) in [6, 6.07) is 16.1. The molecule has 3 aromatic rings. The zero-order chi connectivity index (χ0) is 26.4. The van der Waals surface area contributed by atoms with E-state index in [4.69, 9.17) is 9.84 Å². The third-order valence-corrected chi connectivity index (χ3v) is 7.97. The minimum Gasteiger partial charge on any atom is -0.465 e. The number of nitrogens with zero attached hydrogens (tertiary/aromatic N) is 3. The van der Waals surface area contributed by atoms with Gasteiger partial charge < -0.3 is 25.4 Å². The second-order valence-electron chi connectivity index (χ2n) is 9.08. The standard InChI is InChI=1S/C26H22FN5O5S/c27-17-12-31(26(35)36)13-18(17)29-23(33)22-21-20-19(10-11-28-24(20)38-22)32(25(34)30-21)14-6-8-16(9-7-14)37-15-4-2-1-3-5-15/h1-11,17-18,21-22H,12-13H2,(H,29,33)(H,30,34)(H,35,36)/t17-,18-,21?,22?/m0/s1. The lowest BCUT2D eigenvalue weighted by atomic mass is 9.99. The van der Waals surface area contributed by atoms with Crippen molar-refractivity contribution in [3.63, 3.8) is 0 Å². The van der Waals surface area contributed by atoms with E-state index in [-0.39, 0.29) is 13.1 Å². The highest BCUT2D eigenvalue weighted by Crippen LogP contribution is 2.50. The number of carbonyl (C=O) groups is 3. The number of carboxylic acid groups (broad SMARTS) is 1. The Bertz CT molecular complexity index is 1410. The molecule has 1 aromatic heterocycles. The summed E-state index contributed by atoms with van der Waals surface area (Å²) in [6.45, 7) is -0.431. The maximum atomic E-state index is 14.4. The van der Waals surface area contributed by atoms with Crippen LogP contribution >= 0.6 is 11.8 Å². The van der Waals surface area contributed by atoms with Crippen molar-refractivity contribution in [3.05, 3.63) is 72.4 Å². The van der Waals surface area contributed by atoms with Gasteiger partial charge in [0.1, 0.15) is 27.9 Å². The summed E-state index contributed by atoms with van der Waals surface area (Å²) in [7, 11) is 0. The van der Waals surface area contributed by atoms with E-state index < -0.39 is 41.5 Å². The lowest BCUT2D eigenvalue weighted by molar-refractivity contribution is -0.121. The maximum absolute atomic E-state index is 14.4. The Labute approximate surface area is 220 Å². The van der Waals surface area contributed by atoms with Crippen LogP contribution in [0.25, 0.3) is 0 Å². The topological polar surface area (TPSA) is 124 Å². The molecule has 12 heteroatoms. The van der Waals surface area contributed by atoms with Gasteiger partial charge in [-0.2, -0.15) is 0 Å². The number of benzene rings is 2. The van der Waals surface area contributed by atoms with Crippen LogP contribution in [0.15, 0.2) is 71.9 Å². The summed E-state index contributed by atoms with van der Waals surface area (Å²) >= 11 is 1.19. The highest BCUT2D eigenvalue weighted by Gasteiger charge is 2.48. The van der Waals surface area contributed by atoms with Crippen molar-refractivity contribution in [2.75, 3.05) is 18.0 Å². The number of para-hydroxylation sites is 1. The second-order valence-corrected chi connectivity index (χ2v) is 10.2. The molecule has 3 aliphatic rings. The molecule has 0 aliphatic carbocycles. The zero-order valence-corrected chi connectivity index (χ0v) is 20.6. The zero-order valence-electron chi connectivity index (χ0n) is 19.8. The number of pyridine rings is 1. The summed E-state index contributed by atoms with van der Waals surface area (Å²) in [5, 5.41) is 14.5. The van der Waals surface area contributed by atoms with Crippen LogP contribution in [-0.4, -0.2) is 63.6 Å².